The number of alkyl halides is 3. The van der Waals surface area contributed by atoms with Crippen molar-refractivity contribution < 1.29 is 13.2 Å². The van der Waals surface area contributed by atoms with Gasteiger partial charge in [-0.2, -0.15) is 13.2 Å². The van der Waals surface area contributed by atoms with E-state index in [0.717, 1.165) is 38.6 Å². The van der Waals surface area contributed by atoms with Crippen LogP contribution in [-0.2, 0) is 0 Å². The van der Waals surface area contributed by atoms with E-state index >= 15 is 0 Å². The topological polar surface area (TPSA) is 15.3 Å². The van der Waals surface area contributed by atoms with Crippen LogP contribution in [-0.4, -0.2) is 42.3 Å². The largest absolute Gasteiger partial charge is 0.401 e. The second-order valence-corrected chi connectivity index (χ2v) is 5.70. The molecule has 0 amide bonds. The Bertz CT molecular complexity index is 255. The second-order valence-electron chi connectivity index (χ2n) is 5.70. The van der Waals surface area contributed by atoms with Gasteiger partial charge in [-0.05, 0) is 39.2 Å². The molecule has 17 heavy (non-hydrogen) atoms. The average Bonchev–Trinajstić information content (AvgIpc) is 2.97. The fourth-order valence-electron chi connectivity index (χ4n) is 2.69. The van der Waals surface area contributed by atoms with Crippen LogP contribution in [0.3, 0.4) is 0 Å². The molecule has 1 aliphatic heterocycles. The van der Waals surface area contributed by atoms with Gasteiger partial charge in [-0.25, -0.2) is 0 Å². The lowest BCUT2D eigenvalue weighted by Gasteiger charge is -2.39. The van der Waals surface area contributed by atoms with E-state index in [1.54, 1.807) is 4.90 Å². The molecule has 0 spiro atoms. The number of hydrogen-bond acceptors (Lipinski definition) is 2. The first kappa shape index (κ1) is 13.1. The molecule has 1 heterocycles. The zero-order chi connectivity index (χ0) is 12.5. The van der Waals surface area contributed by atoms with E-state index in [9.17, 15) is 13.2 Å². The summed E-state index contributed by atoms with van der Waals surface area (Å²) >= 11 is 0. The van der Waals surface area contributed by atoms with Crippen LogP contribution in [0.1, 0.15) is 39.0 Å². The lowest BCUT2D eigenvalue weighted by Crippen LogP contribution is -2.55. The third-order valence-electron chi connectivity index (χ3n) is 3.70. The lowest BCUT2D eigenvalue weighted by molar-refractivity contribution is -0.149. The highest BCUT2D eigenvalue weighted by molar-refractivity contribution is 4.95. The van der Waals surface area contributed by atoms with Crippen molar-refractivity contribution in [2.24, 2.45) is 0 Å². The van der Waals surface area contributed by atoms with Gasteiger partial charge >= 0.3 is 6.18 Å². The van der Waals surface area contributed by atoms with Crippen LogP contribution in [0, 0.1) is 0 Å². The minimum Gasteiger partial charge on any atom is -0.310 e. The van der Waals surface area contributed by atoms with Crippen LogP contribution in [0.5, 0.6) is 0 Å². The molecule has 1 saturated heterocycles. The molecule has 5 heteroatoms. The number of nitrogens with one attached hydrogen (secondary N) is 1. The van der Waals surface area contributed by atoms with Crippen molar-refractivity contribution in [3.8, 4) is 0 Å². The molecule has 1 atom stereocenters. The maximum Gasteiger partial charge on any atom is 0.401 e. The molecule has 2 aliphatic rings. The number of rotatable bonds is 4. The molecule has 1 unspecified atom stereocenters. The molecule has 0 aromatic rings. The Morgan fingerprint density at radius 3 is 2.47 bits per heavy atom. The van der Waals surface area contributed by atoms with Gasteiger partial charge in [-0.1, -0.05) is 6.42 Å². The zero-order valence-electron chi connectivity index (χ0n) is 10.3. The highest BCUT2D eigenvalue weighted by atomic mass is 19.4. The summed E-state index contributed by atoms with van der Waals surface area (Å²) in [5, 5.41) is 3.39. The van der Waals surface area contributed by atoms with E-state index in [1.807, 2.05) is 0 Å². The van der Waals surface area contributed by atoms with Gasteiger partial charge < -0.3 is 5.32 Å². The third kappa shape index (κ3) is 4.14. The normalized spacial score (nSPS) is 30.9. The van der Waals surface area contributed by atoms with Crippen LogP contribution in [0.4, 0.5) is 13.2 Å². The van der Waals surface area contributed by atoms with Crippen molar-refractivity contribution in [2.45, 2.75) is 56.8 Å². The van der Waals surface area contributed by atoms with Gasteiger partial charge in [0.25, 0.3) is 0 Å². The van der Waals surface area contributed by atoms with Gasteiger partial charge in [0.15, 0.2) is 0 Å². The SMILES string of the molecule is CC1(CN(CC(F)(F)F)C2CC2)CCCCN1. The predicted octanol–water partition coefficient (Wildman–Crippen LogP) is 2.55. The summed E-state index contributed by atoms with van der Waals surface area (Å²) in [6.07, 6.45) is 1.01. The molecule has 1 N–H and O–H groups in total. The molecular weight excluding hydrogens is 229 g/mol. The number of hydrogen-bond donors (Lipinski definition) is 1. The molecule has 0 bridgehead atoms. The zero-order valence-corrected chi connectivity index (χ0v) is 10.3. The summed E-state index contributed by atoms with van der Waals surface area (Å²) in [5.41, 5.74) is -0.133. The van der Waals surface area contributed by atoms with Crippen LogP contribution in [0.15, 0.2) is 0 Å². The number of halogens is 3. The van der Waals surface area contributed by atoms with Crippen LogP contribution < -0.4 is 5.32 Å². The Morgan fingerprint density at radius 2 is 2.00 bits per heavy atom. The summed E-state index contributed by atoms with van der Waals surface area (Å²) in [4.78, 5) is 1.62. The Morgan fingerprint density at radius 1 is 1.29 bits per heavy atom. The summed E-state index contributed by atoms with van der Waals surface area (Å²) in [7, 11) is 0. The van der Waals surface area contributed by atoms with Gasteiger partial charge in [0, 0.05) is 18.1 Å². The molecule has 2 rings (SSSR count). The van der Waals surface area contributed by atoms with Crippen LogP contribution in [0.25, 0.3) is 0 Å². The number of nitrogens with zero attached hydrogens (tertiary/aromatic N) is 1. The first-order chi connectivity index (χ1) is 7.88. The first-order valence-corrected chi connectivity index (χ1v) is 6.44. The van der Waals surface area contributed by atoms with E-state index in [4.69, 9.17) is 0 Å². The van der Waals surface area contributed by atoms with Gasteiger partial charge in [0.2, 0.25) is 0 Å². The van der Waals surface area contributed by atoms with E-state index in [2.05, 4.69) is 12.2 Å². The molecule has 1 aliphatic carbocycles. The Hall–Kier alpha value is -0.290. The van der Waals surface area contributed by atoms with Crippen molar-refractivity contribution in [3.63, 3.8) is 0 Å². The Balaban J connectivity index is 1.92. The van der Waals surface area contributed by atoms with Gasteiger partial charge in [0.1, 0.15) is 0 Å². The summed E-state index contributed by atoms with van der Waals surface area (Å²) in [5.74, 6) is 0. The molecule has 100 valence electrons. The minimum absolute atomic E-state index is 0.133. The maximum atomic E-state index is 12.5. The third-order valence-corrected chi connectivity index (χ3v) is 3.70. The number of piperidine rings is 1. The maximum absolute atomic E-state index is 12.5. The quantitative estimate of drug-likeness (QED) is 0.825. The lowest BCUT2D eigenvalue weighted by atomic mass is 9.90. The fourth-order valence-corrected chi connectivity index (χ4v) is 2.69. The van der Waals surface area contributed by atoms with Gasteiger partial charge in [0.05, 0.1) is 6.54 Å². The van der Waals surface area contributed by atoms with E-state index < -0.39 is 12.7 Å². The summed E-state index contributed by atoms with van der Waals surface area (Å²) in [6.45, 7) is 2.76. The van der Waals surface area contributed by atoms with Crippen LogP contribution >= 0.6 is 0 Å². The molecule has 1 saturated carbocycles. The van der Waals surface area contributed by atoms with E-state index in [-0.39, 0.29) is 11.6 Å². The highest BCUT2D eigenvalue weighted by Crippen LogP contribution is 2.32. The van der Waals surface area contributed by atoms with Crippen molar-refractivity contribution in [1.82, 2.24) is 10.2 Å². The van der Waals surface area contributed by atoms with Crippen molar-refractivity contribution in [3.05, 3.63) is 0 Å². The van der Waals surface area contributed by atoms with Crippen LogP contribution in [0.2, 0.25) is 0 Å². The van der Waals surface area contributed by atoms with Gasteiger partial charge in [-0.15, -0.1) is 0 Å². The van der Waals surface area contributed by atoms with Crippen molar-refractivity contribution in [1.29, 1.82) is 0 Å². The van der Waals surface area contributed by atoms with Crippen molar-refractivity contribution in [2.75, 3.05) is 19.6 Å². The van der Waals surface area contributed by atoms with E-state index in [1.165, 1.54) is 0 Å². The molecule has 0 radical (unpaired) electrons. The first-order valence-electron chi connectivity index (χ1n) is 6.44. The molecule has 0 aromatic carbocycles. The standard InChI is InChI=1S/C12H21F3N2/c1-11(6-2-3-7-16-11)8-17(10-4-5-10)9-12(13,14)15/h10,16H,2-9H2,1H3. The molecule has 2 nitrogen and oxygen atoms in total. The smallest absolute Gasteiger partial charge is 0.310 e. The minimum atomic E-state index is -4.08. The summed E-state index contributed by atoms with van der Waals surface area (Å²) in [6, 6.07) is 0.164. The van der Waals surface area contributed by atoms with Crippen molar-refractivity contribution >= 4 is 0 Å². The van der Waals surface area contributed by atoms with Gasteiger partial charge in [-0.3, -0.25) is 4.90 Å². The highest BCUT2D eigenvalue weighted by Gasteiger charge is 2.41. The molecule has 0 aromatic heterocycles. The Kier molecular flexibility index (Phi) is 3.69. The molecule has 2 fully saturated rings. The molecular formula is C12H21F3N2. The Labute approximate surface area is 101 Å². The average molecular weight is 250 g/mol. The summed E-state index contributed by atoms with van der Waals surface area (Å²) < 4.78 is 37.5. The predicted molar refractivity (Wildman–Crippen MR) is 60.9 cm³/mol. The fraction of sp³-hybridized carbons (Fsp3) is 1.00. The second kappa shape index (κ2) is 4.76. The van der Waals surface area contributed by atoms with E-state index in [0.29, 0.717) is 6.54 Å². The monoisotopic (exact) mass is 250 g/mol.